The summed E-state index contributed by atoms with van der Waals surface area (Å²) in [4.78, 5) is 7.24. The molecule has 164 valence electrons. The lowest BCUT2D eigenvalue weighted by molar-refractivity contribution is 0.176. The van der Waals surface area contributed by atoms with Crippen LogP contribution in [0.25, 0.3) is 0 Å². The summed E-state index contributed by atoms with van der Waals surface area (Å²) in [6, 6.07) is 8.99. The van der Waals surface area contributed by atoms with Crippen molar-refractivity contribution in [1.82, 2.24) is 10.2 Å². The molecule has 2 aliphatic heterocycles. The smallest absolute Gasteiger partial charge is 0.0427 e. The number of aliphatic imine (C=N–C) groups is 1. The minimum atomic E-state index is 0. The first-order chi connectivity index (χ1) is 13.1. The Morgan fingerprint density at radius 3 is 2.41 bits per heavy atom. The zero-order chi connectivity index (χ0) is 19.1. The molecular weight excluding hydrogens is 386 g/mol. The summed E-state index contributed by atoms with van der Waals surface area (Å²) in [5.41, 5.74) is 2.69. The van der Waals surface area contributed by atoms with Gasteiger partial charge < -0.3 is 21.2 Å². The summed E-state index contributed by atoms with van der Waals surface area (Å²) in [5, 5.41) is 4.62. The molecule has 1 saturated heterocycles. The third kappa shape index (κ3) is 8.19. The molecule has 0 bridgehead atoms. The minimum absolute atomic E-state index is 0. The maximum Gasteiger partial charge on any atom is 0.0427 e. The second-order valence-corrected chi connectivity index (χ2v) is 8.68. The molecular formula is C23H38ClN3O2. The Balaban J connectivity index is 0.00000210. The van der Waals surface area contributed by atoms with Crippen LogP contribution in [-0.2, 0) is 0 Å². The van der Waals surface area contributed by atoms with E-state index in [0.29, 0.717) is 17.9 Å². The first-order valence-electron chi connectivity index (χ1n) is 10.5. The highest BCUT2D eigenvalue weighted by Crippen LogP contribution is 2.29. The molecule has 0 unspecified atom stereocenters. The van der Waals surface area contributed by atoms with Crippen LogP contribution in [0.5, 0.6) is 0 Å². The Kier molecular flexibility index (Phi) is 11.7. The fourth-order valence-corrected chi connectivity index (χ4v) is 4.20. The average molecular weight is 424 g/mol. The summed E-state index contributed by atoms with van der Waals surface area (Å²) in [5.74, 6) is 1.32. The van der Waals surface area contributed by atoms with E-state index in [0.717, 1.165) is 37.5 Å². The first kappa shape index (κ1) is 25.8. The van der Waals surface area contributed by atoms with E-state index in [9.17, 15) is 0 Å². The van der Waals surface area contributed by atoms with Crippen molar-refractivity contribution in [2.75, 3.05) is 32.7 Å². The van der Waals surface area contributed by atoms with Crippen LogP contribution in [0.3, 0.4) is 0 Å². The van der Waals surface area contributed by atoms with E-state index >= 15 is 0 Å². The Morgan fingerprint density at radius 1 is 1.14 bits per heavy atom. The molecule has 0 aliphatic carbocycles. The molecule has 3 rings (SSSR count). The van der Waals surface area contributed by atoms with Gasteiger partial charge in [-0.15, -0.1) is 0 Å². The first-order valence-corrected chi connectivity index (χ1v) is 10.9. The van der Waals surface area contributed by atoms with Gasteiger partial charge in [-0.3, -0.25) is 4.99 Å². The normalized spacial score (nSPS) is 18.7. The molecule has 1 aromatic carbocycles. The van der Waals surface area contributed by atoms with Gasteiger partial charge in [-0.25, -0.2) is 0 Å². The molecule has 0 aromatic heterocycles. The van der Waals surface area contributed by atoms with Crippen molar-refractivity contribution in [3.05, 3.63) is 47.0 Å². The van der Waals surface area contributed by atoms with Crippen LogP contribution in [-0.4, -0.2) is 60.3 Å². The highest BCUT2D eigenvalue weighted by molar-refractivity contribution is 6.30. The summed E-state index contributed by atoms with van der Waals surface area (Å²) >= 11 is 6.03. The van der Waals surface area contributed by atoms with Crippen molar-refractivity contribution < 1.29 is 11.0 Å². The van der Waals surface area contributed by atoms with E-state index in [4.69, 9.17) is 11.6 Å². The van der Waals surface area contributed by atoms with E-state index in [-0.39, 0.29) is 11.0 Å². The number of piperidine rings is 1. The van der Waals surface area contributed by atoms with Gasteiger partial charge in [0.05, 0.1) is 0 Å². The predicted octanol–water partition coefficient (Wildman–Crippen LogP) is 3.28. The van der Waals surface area contributed by atoms with Crippen molar-refractivity contribution >= 4 is 17.3 Å². The van der Waals surface area contributed by atoms with Crippen LogP contribution < -0.4 is 5.32 Å². The number of allylic oxidation sites excluding steroid dienone is 1. The number of rotatable bonds is 8. The molecule has 2 heterocycles. The molecule has 29 heavy (non-hydrogen) atoms. The number of benzene rings is 1. The number of nitrogens with zero attached hydrogens (tertiary/aromatic N) is 2. The van der Waals surface area contributed by atoms with Gasteiger partial charge in [-0.05, 0) is 68.0 Å². The molecule has 6 heteroatoms. The van der Waals surface area contributed by atoms with E-state index in [1.54, 1.807) is 0 Å². The second-order valence-electron chi connectivity index (χ2n) is 8.25. The summed E-state index contributed by atoms with van der Waals surface area (Å²) in [7, 11) is 0. The zero-order valence-corrected chi connectivity index (χ0v) is 18.6. The van der Waals surface area contributed by atoms with Crippen molar-refractivity contribution in [2.45, 2.75) is 51.5 Å². The molecule has 1 aromatic rings. The van der Waals surface area contributed by atoms with Crippen molar-refractivity contribution in [1.29, 1.82) is 0 Å². The van der Waals surface area contributed by atoms with E-state index < -0.39 is 0 Å². The van der Waals surface area contributed by atoms with Gasteiger partial charge in [0.15, 0.2) is 0 Å². The summed E-state index contributed by atoms with van der Waals surface area (Å²) in [6.45, 7) is 10.2. The lowest BCUT2D eigenvalue weighted by Gasteiger charge is -2.36. The molecule has 1 fully saturated rings. The van der Waals surface area contributed by atoms with E-state index in [1.165, 1.54) is 37.2 Å². The lowest BCUT2D eigenvalue weighted by atomic mass is 9.89. The SMILES string of the molecule is CC(C)[C@H](CN1CCC(c2ccc(Cl)cc2)CC1)NCCC1=NCCC=C1.O.O. The van der Waals surface area contributed by atoms with Crippen LogP contribution in [0.15, 0.2) is 41.4 Å². The van der Waals surface area contributed by atoms with Gasteiger partial charge in [0, 0.05) is 42.8 Å². The summed E-state index contributed by atoms with van der Waals surface area (Å²) in [6.07, 6.45) is 9.06. The van der Waals surface area contributed by atoms with Gasteiger partial charge in [0.1, 0.15) is 0 Å². The number of hydrogen-bond acceptors (Lipinski definition) is 3. The number of likely N-dealkylation sites (tertiary alicyclic amines) is 1. The van der Waals surface area contributed by atoms with E-state index in [2.05, 4.69) is 53.3 Å². The monoisotopic (exact) mass is 423 g/mol. The molecule has 0 spiro atoms. The number of halogens is 1. The van der Waals surface area contributed by atoms with Crippen molar-refractivity contribution in [3.8, 4) is 0 Å². The Morgan fingerprint density at radius 2 is 1.83 bits per heavy atom. The number of dihydropyridines is 1. The Hall–Kier alpha value is -1.24. The lowest BCUT2D eigenvalue weighted by Crippen LogP contribution is -2.47. The zero-order valence-electron chi connectivity index (χ0n) is 17.8. The standard InChI is InChI=1S/C23H34ClN3.2H2O/c1-18(2)23(26-14-10-22-5-3-4-13-25-22)17-27-15-11-20(12-16-27)19-6-8-21(24)9-7-19;;/h3,5-9,18,20,23,26H,4,10-17H2,1-2H3;2*1H2/t23-;;/m0../s1. The molecule has 1 atom stereocenters. The molecule has 5 nitrogen and oxygen atoms in total. The number of hydrogen-bond donors (Lipinski definition) is 1. The second kappa shape index (κ2) is 13.1. The maximum atomic E-state index is 6.03. The number of nitrogens with one attached hydrogen (secondary N) is 1. The van der Waals surface area contributed by atoms with Crippen LogP contribution in [0.1, 0.15) is 51.0 Å². The Labute approximate surface area is 180 Å². The highest BCUT2D eigenvalue weighted by Gasteiger charge is 2.23. The van der Waals surface area contributed by atoms with Crippen molar-refractivity contribution in [3.63, 3.8) is 0 Å². The van der Waals surface area contributed by atoms with Crippen LogP contribution >= 0.6 is 11.6 Å². The fourth-order valence-electron chi connectivity index (χ4n) is 4.08. The molecule has 2 aliphatic rings. The van der Waals surface area contributed by atoms with Gasteiger partial charge >= 0.3 is 0 Å². The summed E-state index contributed by atoms with van der Waals surface area (Å²) < 4.78 is 0. The van der Waals surface area contributed by atoms with Gasteiger partial charge in [0.25, 0.3) is 0 Å². The minimum Gasteiger partial charge on any atom is -0.412 e. The molecule has 0 radical (unpaired) electrons. The van der Waals surface area contributed by atoms with Crippen molar-refractivity contribution in [2.24, 2.45) is 10.9 Å². The third-order valence-corrected chi connectivity index (χ3v) is 6.15. The highest BCUT2D eigenvalue weighted by atomic mass is 35.5. The largest absolute Gasteiger partial charge is 0.412 e. The Bertz CT molecular complexity index is 638. The van der Waals surface area contributed by atoms with Gasteiger partial charge in [-0.2, -0.15) is 0 Å². The fraction of sp³-hybridized carbons (Fsp3) is 0.609. The van der Waals surface area contributed by atoms with Gasteiger partial charge in [0.2, 0.25) is 0 Å². The average Bonchev–Trinajstić information content (AvgIpc) is 2.69. The molecule has 5 N–H and O–H groups in total. The maximum absolute atomic E-state index is 6.03. The van der Waals surface area contributed by atoms with E-state index in [1.807, 2.05) is 12.1 Å². The van der Waals surface area contributed by atoms with Gasteiger partial charge in [-0.1, -0.05) is 43.7 Å². The molecule has 0 saturated carbocycles. The molecule has 0 amide bonds. The third-order valence-electron chi connectivity index (χ3n) is 5.90. The quantitative estimate of drug-likeness (QED) is 0.694. The van der Waals surface area contributed by atoms with Crippen LogP contribution in [0.2, 0.25) is 5.02 Å². The van der Waals surface area contributed by atoms with Crippen LogP contribution in [0, 0.1) is 5.92 Å². The van der Waals surface area contributed by atoms with Crippen LogP contribution in [0.4, 0.5) is 0 Å². The predicted molar refractivity (Wildman–Crippen MR) is 124 cm³/mol. The topological polar surface area (TPSA) is 90.6 Å².